The zero-order valence-corrected chi connectivity index (χ0v) is 61.0. The summed E-state index contributed by atoms with van der Waals surface area (Å²) in [5.74, 6) is -7.77. The second-order valence-electron chi connectivity index (χ2n) is 28.1. The molecule has 0 unspecified atom stereocenters. The van der Waals surface area contributed by atoms with E-state index in [0.29, 0.717) is 63.5 Å². The summed E-state index contributed by atoms with van der Waals surface area (Å²) in [5.41, 5.74) is 23.9. The number of carbonyl (C=O) groups is 11. The quantitative estimate of drug-likeness (QED) is 0.0377. The van der Waals surface area contributed by atoms with Gasteiger partial charge in [0.25, 0.3) is 0 Å². The van der Waals surface area contributed by atoms with Crippen molar-refractivity contribution in [1.29, 1.82) is 0 Å². The zero-order chi connectivity index (χ0) is 72.8. The van der Waals surface area contributed by atoms with Crippen LogP contribution in [0.25, 0.3) is 0 Å². The molecule has 18 N–H and O–H groups in total. The SMILES string of the molecule is CCCCCCCCCCCCC(=O)NCC(=O)N[C@@H](CC(C)C)C(=O)N[C@@H](CC(C)C)C(=O)N[C@@H](CCCCN)C(=O)N[C@@H](Cc1ccccc1)C(=O)N[C@H](C(=O)N[C@@H](CCCCN)C(=O)N[C@@H](CCCCN)C(=O)N[C@@H](CC(C)C)C(=O)N[C@@H](CC(C)C)C(N)=O)[C@@H](C)CC. The van der Waals surface area contributed by atoms with Gasteiger partial charge >= 0.3 is 0 Å². The number of hydrogen-bond acceptors (Lipinski definition) is 14. The van der Waals surface area contributed by atoms with Gasteiger partial charge in [0, 0.05) is 12.8 Å². The van der Waals surface area contributed by atoms with Crippen LogP contribution in [0, 0.1) is 29.6 Å². The van der Waals surface area contributed by atoms with E-state index in [1.54, 1.807) is 37.3 Å². The topological polar surface area (TPSA) is 412 Å². The van der Waals surface area contributed by atoms with Crippen molar-refractivity contribution in [1.82, 2.24) is 53.2 Å². The van der Waals surface area contributed by atoms with Crippen LogP contribution >= 0.6 is 0 Å². The van der Waals surface area contributed by atoms with Crippen molar-refractivity contribution in [3.63, 3.8) is 0 Å². The van der Waals surface area contributed by atoms with Gasteiger partial charge in [-0.25, -0.2) is 0 Å². The first-order valence-corrected chi connectivity index (χ1v) is 36.5. The highest BCUT2D eigenvalue weighted by Crippen LogP contribution is 2.17. The van der Waals surface area contributed by atoms with E-state index in [-0.39, 0.29) is 107 Å². The van der Waals surface area contributed by atoms with Crippen LogP contribution in [0.4, 0.5) is 0 Å². The van der Waals surface area contributed by atoms with Gasteiger partial charge < -0.3 is 76.1 Å². The van der Waals surface area contributed by atoms with Gasteiger partial charge in [0.05, 0.1) is 6.54 Å². The third-order valence-electron chi connectivity index (χ3n) is 17.1. The van der Waals surface area contributed by atoms with Crippen molar-refractivity contribution in [2.45, 2.75) is 297 Å². The first-order valence-electron chi connectivity index (χ1n) is 36.5. The van der Waals surface area contributed by atoms with E-state index in [4.69, 9.17) is 22.9 Å². The molecule has 1 aromatic carbocycles. The van der Waals surface area contributed by atoms with Crippen LogP contribution in [-0.4, -0.2) is 146 Å². The average molecular weight is 1370 g/mol. The fourth-order valence-corrected chi connectivity index (χ4v) is 11.3. The van der Waals surface area contributed by atoms with Gasteiger partial charge in [-0.05, 0) is 145 Å². The molecule has 97 heavy (non-hydrogen) atoms. The van der Waals surface area contributed by atoms with E-state index < -0.39 is 119 Å². The van der Waals surface area contributed by atoms with Gasteiger partial charge in [-0.1, -0.05) is 171 Å². The summed E-state index contributed by atoms with van der Waals surface area (Å²) in [6.45, 7) is 21.4. The fraction of sp³-hybridized carbons (Fsp3) is 0.764. The van der Waals surface area contributed by atoms with E-state index >= 15 is 0 Å². The summed E-state index contributed by atoms with van der Waals surface area (Å²) in [6.07, 6.45) is 15.8. The highest BCUT2D eigenvalue weighted by Gasteiger charge is 2.37. The number of benzene rings is 1. The van der Waals surface area contributed by atoms with E-state index in [0.717, 1.165) is 19.3 Å². The molecule has 1 aromatic rings. The third-order valence-corrected chi connectivity index (χ3v) is 17.1. The van der Waals surface area contributed by atoms with Crippen molar-refractivity contribution in [3.8, 4) is 0 Å². The molecule has 0 fully saturated rings. The maximum absolute atomic E-state index is 14.9. The number of amides is 11. The van der Waals surface area contributed by atoms with Crippen LogP contribution in [0.3, 0.4) is 0 Å². The number of nitrogens with one attached hydrogen (secondary N) is 10. The standard InChI is InChI=1S/C72H130N14O11/c1-12-14-15-16-17-18-19-20-21-25-37-61(87)77-46-62(88)78-57(42-48(5)6)68(93)84-58(43-49(7)8)69(94)80-54(35-27-30-39-74)67(92)85-60(45-52-32-23-22-24-33-52)71(96)86-63(51(11)13-2)72(97)81-55(36-28-31-40-75)65(90)79-53(34-26-29-38-73)66(91)83-59(44-50(9)10)70(95)82-56(64(76)89)41-47(3)4/h22-24,32-33,47-51,53-60,63H,12-21,25-31,34-46,73-75H2,1-11H3,(H2,76,89)(H,77,87)(H,78,88)(H,79,90)(H,80,94)(H,81,97)(H,82,95)(H,83,91)(H,84,93)(H,85,92)(H,86,96)/t51-,53-,54-,55-,56-,57-,58-,59-,60-,63-/m0/s1. The van der Waals surface area contributed by atoms with Crippen molar-refractivity contribution >= 4 is 65.0 Å². The van der Waals surface area contributed by atoms with Crippen molar-refractivity contribution in [3.05, 3.63) is 35.9 Å². The van der Waals surface area contributed by atoms with Crippen LogP contribution in [0.5, 0.6) is 0 Å². The Balaban J connectivity index is 3.56. The summed E-state index contributed by atoms with van der Waals surface area (Å²) in [6, 6.07) is -1.67. The van der Waals surface area contributed by atoms with Gasteiger partial charge in [-0.3, -0.25) is 52.7 Å². The monoisotopic (exact) mass is 1370 g/mol. The van der Waals surface area contributed by atoms with E-state index in [1.807, 2.05) is 62.3 Å². The second-order valence-corrected chi connectivity index (χ2v) is 28.1. The van der Waals surface area contributed by atoms with E-state index in [2.05, 4.69) is 60.1 Å². The molecule has 0 saturated carbocycles. The molecule has 0 bridgehead atoms. The molecule has 25 heteroatoms. The Morgan fingerprint density at radius 2 is 0.701 bits per heavy atom. The summed E-state index contributed by atoms with van der Waals surface area (Å²) >= 11 is 0. The molecule has 0 aromatic heterocycles. The Morgan fingerprint density at radius 3 is 1.09 bits per heavy atom. The van der Waals surface area contributed by atoms with Crippen molar-refractivity contribution in [2.24, 2.45) is 52.5 Å². The molecular formula is C72H130N14O11. The minimum Gasteiger partial charge on any atom is -0.368 e. The van der Waals surface area contributed by atoms with Crippen LogP contribution < -0.4 is 76.1 Å². The lowest BCUT2D eigenvalue weighted by Crippen LogP contribution is -2.61. The molecule has 0 aliphatic carbocycles. The third kappa shape index (κ3) is 39.5. The van der Waals surface area contributed by atoms with Gasteiger partial charge in [-0.2, -0.15) is 0 Å². The maximum Gasteiger partial charge on any atom is 0.243 e. The van der Waals surface area contributed by atoms with Crippen LogP contribution in [0.2, 0.25) is 0 Å². The number of primary amides is 1. The number of rotatable bonds is 55. The summed E-state index contributed by atoms with van der Waals surface area (Å²) in [7, 11) is 0. The molecule has 0 aliphatic rings. The average Bonchev–Trinajstić information content (AvgIpc) is 0.923. The Labute approximate surface area is 580 Å². The Morgan fingerprint density at radius 1 is 0.361 bits per heavy atom. The Bertz CT molecular complexity index is 2490. The molecule has 0 aliphatic heterocycles. The predicted octanol–water partition coefficient (Wildman–Crippen LogP) is 5.12. The normalized spacial score (nSPS) is 14.5. The lowest BCUT2D eigenvalue weighted by atomic mass is 9.96. The van der Waals surface area contributed by atoms with Gasteiger partial charge in [0.1, 0.15) is 54.4 Å². The van der Waals surface area contributed by atoms with E-state index in [9.17, 15) is 52.7 Å². The van der Waals surface area contributed by atoms with Gasteiger partial charge in [0.2, 0.25) is 65.0 Å². The number of unbranched alkanes of at least 4 members (excludes halogenated alkanes) is 12. The molecule has 554 valence electrons. The smallest absolute Gasteiger partial charge is 0.243 e. The lowest BCUT2D eigenvalue weighted by Gasteiger charge is -2.30. The van der Waals surface area contributed by atoms with Crippen LogP contribution in [-0.2, 0) is 59.2 Å². The largest absolute Gasteiger partial charge is 0.368 e. The first-order chi connectivity index (χ1) is 46.1. The molecular weight excluding hydrogens is 1240 g/mol. The number of carbonyl (C=O) groups excluding carboxylic acids is 11. The minimum atomic E-state index is -1.32. The van der Waals surface area contributed by atoms with E-state index in [1.165, 1.54) is 38.5 Å². The highest BCUT2D eigenvalue weighted by molar-refractivity contribution is 5.99. The first kappa shape index (κ1) is 88.3. The molecule has 0 heterocycles. The Kier molecular flexibility index (Phi) is 46.8. The zero-order valence-electron chi connectivity index (χ0n) is 61.0. The van der Waals surface area contributed by atoms with Crippen molar-refractivity contribution in [2.75, 3.05) is 26.2 Å². The van der Waals surface area contributed by atoms with Crippen molar-refractivity contribution < 1.29 is 52.7 Å². The van der Waals surface area contributed by atoms with Gasteiger partial charge in [-0.15, -0.1) is 0 Å². The Hall–Kier alpha value is -6.73. The molecule has 1 rings (SSSR count). The second kappa shape index (κ2) is 51.5. The number of nitrogens with two attached hydrogens (primary N) is 4. The summed E-state index contributed by atoms with van der Waals surface area (Å²) in [4.78, 5) is 154. The van der Waals surface area contributed by atoms with Crippen LogP contribution in [0.1, 0.15) is 242 Å². The predicted molar refractivity (Wildman–Crippen MR) is 382 cm³/mol. The molecule has 25 nitrogen and oxygen atoms in total. The maximum atomic E-state index is 14.9. The lowest BCUT2D eigenvalue weighted by molar-refractivity contribution is -0.136. The summed E-state index contributed by atoms with van der Waals surface area (Å²) < 4.78 is 0. The molecule has 10 atom stereocenters. The summed E-state index contributed by atoms with van der Waals surface area (Å²) in [5, 5.41) is 28.0. The minimum absolute atomic E-state index is 0.0208. The molecule has 11 amide bonds. The number of hydrogen-bond donors (Lipinski definition) is 14. The molecule has 0 spiro atoms. The molecule has 0 saturated heterocycles. The van der Waals surface area contributed by atoms with Crippen LogP contribution in [0.15, 0.2) is 30.3 Å². The fourth-order valence-electron chi connectivity index (χ4n) is 11.3. The van der Waals surface area contributed by atoms with Gasteiger partial charge in [0.15, 0.2) is 0 Å². The molecule has 0 radical (unpaired) electrons. The highest BCUT2D eigenvalue weighted by atomic mass is 16.2.